The predicted molar refractivity (Wildman–Crippen MR) is 163 cm³/mol. The molecule has 41 heavy (non-hydrogen) atoms. The smallest absolute Gasteiger partial charge is 0.197 e. The molecule has 7 rings (SSSR count). The van der Waals surface area contributed by atoms with Crippen LogP contribution in [0.5, 0.6) is 0 Å². The molecule has 5 nitrogen and oxygen atoms in total. The van der Waals surface area contributed by atoms with Crippen molar-refractivity contribution in [2.75, 3.05) is 0 Å². The Labute approximate surface area is 237 Å². The number of benzene rings is 4. The van der Waals surface area contributed by atoms with E-state index in [0.717, 1.165) is 44.3 Å². The topological polar surface area (TPSA) is 56.9 Å². The molecule has 0 N–H and O–H groups in total. The van der Waals surface area contributed by atoms with E-state index in [2.05, 4.69) is 37.8 Å². The Morgan fingerprint density at radius 3 is 1.98 bits per heavy atom. The molecule has 1 aliphatic rings. The van der Waals surface area contributed by atoms with Crippen LogP contribution in [0.25, 0.3) is 33.7 Å². The van der Waals surface area contributed by atoms with Gasteiger partial charge >= 0.3 is 0 Å². The van der Waals surface area contributed by atoms with E-state index >= 15 is 0 Å². The van der Waals surface area contributed by atoms with Crippen molar-refractivity contribution < 1.29 is 9.59 Å². The van der Waals surface area contributed by atoms with Gasteiger partial charge in [-0.25, -0.2) is 4.98 Å². The molecule has 4 aromatic carbocycles. The minimum absolute atomic E-state index is 0.162. The van der Waals surface area contributed by atoms with Gasteiger partial charge in [0, 0.05) is 23.7 Å². The van der Waals surface area contributed by atoms with Gasteiger partial charge in [0.25, 0.3) is 0 Å². The predicted octanol–water partition coefficient (Wildman–Crippen LogP) is 7.00. The molecule has 0 saturated heterocycles. The average molecular weight is 532 g/mol. The van der Waals surface area contributed by atoms with Crippen molar-refractivity contribution in [3.8, 4) is 17.5 Å². The molecule has 196 valence electrons. The van der Waals surface area contributed by atoms with Crippen molar-refractivity contribution in [2.24, 2.45) is 7.05 Å². The standard InChI is InChI=1S/C36H25N3O2/c1-22-10-9-11-23(2)33(22)39-27(21-31-36(39)37-32(38(31)3)17-16-24-12-5-4-6-13-24)20-30-34(40)28-18-25-14-7-8-15-26(25)19-29(28)35(30)41/h4-15,18-21H,1-3H3. The number of nitrogens with zero attached hydrogens (tertiary/aromatic N) is 3. The Hall–Kier alpha value is -5.47. The van der Waals surface area contributed by atoms with E-state index < -0.39 is 0 Å². The van der Waals surface area contributed by atoms with Gasteiger partial charge in [-0.15, -0.1) is 0 Å². The molecule has 0 spiro atoms. The Kier molecular flexibility index (Phi) is 5.58. The molecule has 0 fully saturated rings. The summed E-state index contributed by atoms with van der Waals surface area (Å²) in [6.45, 7) is 4.11. The quantitative estimate of drug-likeness (QED) is 0.137. The maximum absolute atomic E-state index is 13.6. The van der Waals surface area contributed by atoms with E-state index in [-0.39, 0.29) is 17.1 Å². The molecular formula is C36H25N3O2. The van der Waals surface area contributed by atoms with Crippen molar-refractivity contribution in [2.45, 2.75) is 13.8 Å². The van der Waals surface area contributed by atoms with Crippen LogP contribution in [0.4, 0.5) is 0 Å². The van der Waals surface area contributed by atoms with Crippen molar-refractivity contribution in [1.29, 1.82) is 0 Å². The lowest BCUT2D eigenvalue weighted by atomic mass is 10.0. The van der Waals surface area contributed by atoms with E-state index in [4.69, 9.17) is 4.98 Å². The highest BCUT2D eigenvalue weighted by atomic mass is 16.2. The number of allylic oxidation sites excluding steroid dienone is 1. The summed E-state index contributed by atoms with van der Waals surface area (Å²) < 4.78 is 4.00. The molecular weight excluding hydrogens is 506 g/mol. The molecule has 1 aliphatic carbocycles. The number of aryl methyl sites for hydroxylation is 3. The summed E-state index contributed by atoms with van der Waals surface area (Å²) in [5.41, 5.74) is 7.35. The van der Waals surface area contributed by atoms with Gasteiger partial charge in [-0.2, -0.15) is 0 Å². The second-order valence-electron chi connectivity index (χ2n) is 10.4. The van der Waals surface area contributed by atoms with Crippen molar-refractivity contribution in [1.82, 2.24) is 14.1 Å². The van der Waals surface area contributed by atoms with Crippen molar-refractivity contribution in [3.63, 3.8) is 0 Å². The van der Waals surface area contributed by atoms with Gasteiger partial charge in [-0.3, -0.25) is 14.2 Å². The lowest BCUT2D eigenvalue weighted by Gasteiger charge is -2.14. The molecule has 0 radical (unpaired) electrons. The zero-order valence-corrected chi connectivity index (χ0v) is 22.9. The van der Waals surface area contributed by atoms with Crippen LogP contribution in [0.15, 0.2) is 96.6 Å². The molecule has 0 aliphatic heterocycles. The summed E-state index contributed by atoms with van der Waals surface area (Å²) >= 11 is 0. The molecule has 2 heterocycles. The molecule has 5 heteroatoms. The Balaban J connectivity index is 1.43. The Bertz CT molecular complexity index is 2090. The molecule has 0 unspecified atom stereocenters. The zero-order chi connectivity index (χ0) is 28.2. The average Bonchev–Trinajstić information content (AvgIpc) is 3.56. The first kappa shape index (κ1) is 24.6. The van der Waals surface area contributed by atoms with Crippen molar-refractivity contribution in [3.05, 3.63) is 136 Å². The highest BCUT2D eigenvalue weighted by molar-refractivity contribution is 6.42. The molecule has 0 amide bonds. The van der Waals surface area contributed by atoms with Crippen LogP contribution in [-0.2, 0) is 7.05 Å². The number of imidazole rings is 1. The number of hydrogen-bond acceptors (Lipinski definition) is 3. The molecule has 6 aromatic rings. The number of hydrogen-bond donors (Lipinski definition) is 0. The summed E-state index contributed by atoms with van der Waals surface area (Å²) in [4.78, 5) is 32.1. The fourth-order valence-electron chi connectivity index (χ4n) is 5.70. The zero-order valence-electron chi connectivity index (χ0n) is 22.9. The summed E-state index contributed by atoms with van der Waals surface area (Å²) in [6, 6.07) is 29.3. The summed E-state index contributed by atoms with van der Waals surface area (Å²) in [6.07, 6.45) is 1.72. The van der Waals surface area contributed by atoms with Gasteiger partial charge < -0.3 is 4.57 Å². The Morgan fingerprint density at radius 2 is 1.34 bits per heavy atom. The van der Waals surface area contributed by atoms with Crippen LogP contribution in [-0.4, -0.2) is 25.7 Å². The number of aromatic nitrogens is 3. The highest BCUT2D eigenvalue weighted by Gasteiger charge is 2.34. The van der Waals surface area contributed by atoms with Gasteiger partial charge in [0.2, 0.25) is 0 Å². The van der Waals surface area contributed by atoms with Gasteiger partial charge in [-0.1, -0.05) is 66.6 Å². The number of fused-ring (bicyclic) bond motifs is 3. The van der Waals surface area contributed by atoms with Gasteiger partial charge in [-0.05, 0) is 78.1 Å². The van der Waals surface area contributed by atoms with Gasteiger partial charge in [0.15, 0.2) is 23.0 Å². The summed E-state index contributed by atoms with van der Waals surface area (Å²) in [5, 5.41) is 1.87. The Morgan fingerprint density at radius 1 is 0.732 bits per heavy atom. The van der Waals surface area contributed by atoms with E-state index in [0.29, 0.717) is 22.6 Å². The highest BCUT2D eigenvalue weighted by Crippen LogP contribution is 2.34. The van der Waals surface area contributed by atoms with E-state index in [1.165, 1.54) is 0 Å². The molecule has 0 bridgehead atoms. The van der Waals surface area contributed by atoms with Crippen LogP contribution >= 0.6 is 0 Å². The van der Waals surface area contributed by atoms with Crippen LogP contribution in [0.2, 0.25) is 0 Å². The first-order valence-electron chi connectivity index (χ1n) is 13.5. The second-order valence-corrected chi connectivity index (χ2v) is 10.4. The number of Topliss-reactive ketones (excluding diaryl/α,β-unsaturated/α-hetero) is 2. The third-order valence-electron chi connectivity index (χ3n) is 7.79. The van der Waals surface area contributed by atoms with E-state index in [1.54, 1.807) is 6.08 Å². The third kappa shape index (κ3) is 3.92. The normalized spacial score (nSPS) is 12.6. The minimum Gasteiger partial charge on any atom is -0.319 e. The minimum atomic E-state index is -0.253. The van der Waals surface area contributed by atoms with E-state index in [1.807, 2.05) is 95.0 Å². The van der Waals surface area contributed by atoms with Gasteiger partial charge in [0.05, 0.1) is 22.5 Å². The monoisotopic (exact) mass is 531 g/mol. The lowest BCUT2D eigenvalue weighted by Crippen LogP contribution is -2.05. The molecule has 0 saturated carbocycles. The number of ketones is 2. The van der Waals surface area contributed by atoms with Crippen LogP contribution in [0.1, 0.15) is 48.9 Å². The van der Waals surface area contributed by atoms with Crippen LogP contribution in [0.3, 0.4) is 0 Å². The maximum atomic E-state index is 13.6. The van der Waals surface area contributed by atoms with E-state index in [9.17, 15) is 9.59 Å². The van der Waals surface area contributed by atoms with Gasteiger partial charge in [0.1, 0.15) is 0 Å². The molecule has 0 atom stereocenters. The first-order chi connectivity index (χ1) is 19.9. The summed E-state index contributed by atoms with van der Waals surface area (Å²) in [7, 11) is 1.93. The lowest BCUT2D eigenvalue weighted by molar-refractivity contribution is 0.0990. The SMILES string of the molecule is Cc1cccc(C)c1-n1c(C=C2C(=O)c3cc4ccccc4cc3C2=O)cc2c1nc(C#Cc1ccccc1)n2C. The number of rotatable bonds is 2. The second kappa shape index (κ2) is 9.32. The van der Waals surface area contributed by atoms with Crippen LogP contribution in [0, 0.1) is 25.7 Å². The third-order valence-corrected chi connectivity index (χ3v) is 7.79. The molecule has 2 aromatic heterocycles. The van der Waals surface area contributed by atoms with Crippen molar-refractivity contribution >= 4 is 39.6 Å². The summed E-state index contributed by atoms with van der Waals surface area (Å²) in [5.74, 6) is 6.53. The largest absolute Gasteiger partial charge is 0.319 e. The fraction of sp³-hybridized carbons (Fsp3) is 0.0833. The first-order valence-corrected chi connectivity index (χ1v) is 13.5. The number of carbonyl (C=O) groups is 2. The number of carbonyl (C=O) groups excluding carboxylic acids is 2. The fourth-order valence-corrected chi connectivity index (χ4v) is 5.70. The maximum Gasteiger partial charge on any atom is 0.197 e. The van der Waals surface area contributed by atoms with Crippen LogP contribution < -0.4 is 0 Å². The number of para-hydroxylation sites is 1.